The summed E-state index contributed by atoms with van der Waals surface area (Å²) in [6.07, 6.45) is 3.70. The molecule has 3 rings (SSSR count). The van der Waals surface area contributed by atoms with Crippen molar-refractivity contribution >= 4 is 11.9 Å². The number of carbonyl (C=O) groups is 2. The molecule has 2 heterocycles. The van der Waals surface area contributed by atoms with Gasteiger partial charge >= 0.3 is 11.9 Å². The van der Waals surface area contributed by atoms with E-state index in [1.54, 1.807) is 0 Å². The monoisotopic (exact) mass is 198 g/mol. The van der Waals surface area contributed by atoms with Crippen molar-refractivity contribution in [1.29, 1.82) is 0 Å². The maximum atomic E-state index is 11.2. The van der Waals surface area contributed by atoms with Gasteiger partial charge in [-0.3, -0.25) is 9.59 Å². The zero-order chi connectivity index (χ0) is 9.97. The second-order valence-corrected chi connectivity index (χ2v) is 3.88. The molecule has 0 atom stereocenters. The number of esters is 2. The van der Waals surface area contributed by atoms with Gasteiger partial charge in [-0.25, -0.2) is 0 Å². The fourth-order valence-corrected chi connectivity index (χ4v) is 1.96. The number of carbonyl (C=O) groups excluding carboxylic acids is 2. The topological polar surface area (TPSA) is 52.6 Å². The van der Waals surface area contributed by atoms with Gasteiger partial charge in [0, 0.05) is 0 Å². The third-order valence-electron chi connectivity index (χ3n) is 2.75. The Morgan fingerprint density at radius 2 is 1.14 bits per heavy atom. The Morgan fingerprint density at radius 1 is 0.786 bits per heavy atom. The molecule has 3 fully saturated rings. The van der Waals surface area contributed by atoms with Crippen LogP contribution in [-0.4, -0.2) is 24.1 Å². The SMILES string of the molecule is O=C1CCC(=O)O[C@H]2CC[C@@H](CC2)O1. The number of fused-ring (bicyclic) bond motifs is 7. The molecule has 1 aliphatic carbocycles. The molecule has 0 amide bonds. The first-order chi connectivity index (χ1) is 6.74. The first kappa shape index (κ1) is 9.49. The Hall–Kier alpha value is -1.06. The predicted octanol–water partition coefficient (Wildman–Crippen LogP) is 1.18. The second-order valence-electron chi connectivity index (χ2n) is 3.88. The number of hydrogen-bond donors (Lipinski definition) is 0. The quantitative estimate of drug-likeness (QED) is 0.548. The van der Waals surface area contributed by atoms with Crippen molar-refractivity contribution in [1.82, 2.24) is 0 Å². The maximum absolute atomic E-state index is 11.2. The summed E-state index contributed by atoms with van der Waals surface area (Å²) in [6.45, 7) is 0. The average molecular weight is 198 g/mol. The summed E-state index contributed by atoms with van der Waals surface area (Å²) in [5.41, 5.74) is 0. The summed E-state index contributed by atoms with van der Waals surface area (Å²) in [4.78, 5) is 22.4. The highest BCUT2D eigenvalue weighted by Gasteiger charge is 2.28. The van der Waals surface area contributed by atoms with E-state index in [0.717, 1.165) is 25.7 Å². The molecule has 0 aromatic rings. The molecule has 1 saturated carbocycles. The molecule has 4 nitrogen and oxygen atoms in total. The lowest BCUT2D eigenvalue weighted by atomic mass is 9.94. The lowest BCUT2D eigenvalue weighted by Gasteiger charge is -2.29. The van der Waals surface area contributed by atoms with E-state index < -0.39 is 0 Å². The Balaban J connectivity index is 2.02. The van der Waals surface area contributed by atoms with Gasteiger partial charge in [-0.15, -0.1) is 0 Å². The largest absolute Gasteiger partial charge is 0.462 e. The van der Waals surface area contributed by atoms with Gasteiger partial charge < -0.3 is 9.47 Å². The standard InChI is InChI=1S/C10H14O4/c11-9-5-6-10(12)14-8-2-1-7(13-9)3-4-8/h7-8H,1-6H2/t7-,8-. The minimum Gasteiger partial charge on any atom is -0.462 e. The van der Waals surface area contributed by atoms with Crippen LogP contribution in [0.5, 0.6) is 0 Å². The van der Waals surface area contributed by atoms with Gasteiger partial charge in [0.15, 0.2) is 0 Å². The minimum absolute atomic E-state index is 0.0514. The molecule has 0 aromatic carbocycles. The van der Waals surface area contributed by atoms with E-state index in [1.807, 2.05) is 0 Å². The number of ether oxygens (including phenoxy) is 2. The summed E-state index contributed by atoms with van der Waals surface area (Å²) in [5.74, 6) is -0.542. The minimum atomic E-state index is -0.271. The van der Waals surface area contributed by atoms with Crippen molar-refractivity contribution in [3.63, 3.8) is 0 Å². The third-order valence-corrected chi connectivity index (χ3v) is 2.75. The van der Waals surface area contributed by atoms with Crippen LogP contribution in [0.3, 0.4) is 0 Å². The molecule has 78 valence electrons. The zero-order valence-electron chi connectivity index (χ0n) is 8.03. The van der Waals surface area contributed by atoms with E-state index in [2.05, 4.69) is 0 Å². The predicted molar refractivity (Wildman–Crippen MR) is 47.5 cm³/mol. The molecule has 0 aromatic heterocycles. The summed E-state index contributed by atoms with van der Waals surface area (Å²) >= 11 is 0. The molecule has 4 heteroatoms. The van der Waals surface area contributed by atoms with Crippen molar-refractivity contribution in [2.45, 2.75) is 50.7 Å². The van der Waals surface area contributed by atoms with Crippen LogP contribution in [0.25, 0.3) is 0 Å². The van der Waals surface area contributed by atoms with E-state index in [4.69, 9.17) is 9.47 Å². The molecular formula is C10H14O4. The van der Waals surface area contributed by atoms with Gasteiger partial charge in [-0.2, -0.15) is 0 Å². The summed E-state index contributed by atoms with van der Waals surface area (Å²) in [5, 5.41) is 0. The fraction of sp³-hybridized carbons (Fsp3) is 0.800. The van der Waals surface area contributed by atoms with E-state index >= 15 is 0 Å². The molecule has 0 radical (unpaired) electrons. The Bertz CT molecular complexity index is 215. The van der Waals surface area contributed by atoms with E-state index in [9.17, 15) is 9.59 Å². The van der Waals surface area contributed by atoms with E-state index in [0.29, 0.717) is 0 Å². The lowest BCUT2D eigenvalue weighted by Crippen LogP contribution is -2.31. The first-order valence-electron chi connectivity index (χ1n) is 5.13. The van der Waals surface area contributed by atoms with Crippen LogP contribution >= 0.6 is 0 Å². The number of hydrogen-bond acceptors (Lipinski definition) is 4. The Kier molecular flexibility index (Phi) is 2.70. The van der Waals surface area contributed by atoms with Crippen molar-refractivity contribution in [3.05, 3.63) is 0 Å². The Morgan fingerprint density at radius 3 is 1.50 bits per heavy atom. The smallest absolute Gasteiger partial charge is 0.306 e. The summed E-state index contributed by atoms with van der Waals surface area (Å²) in [6, 6.07) is 0. The molecule has 0 unspecified atom stereocenters. The van der Waals surface area contributed by atoms with Gasteiger partial charge in [-0.05, 0) is 25.7 Å². The number of rotatable bonds is 0. The lowest BCUT2D eigenvalue weighted by molar-refractivity contribution is -0.164. The Labute approximate surface area is 82.6 Å². The van der Waals surface area contributed by atoms with Gasteiger partial charge in [0.05, 0.1) is 12.8 Å². The van der Waals surface area contributed by atoms with Crippen molar-refractivity contribution < 1.29 is 19.1 Å². The van der Waals surface area contributed by atoms with Crippen molar-refractivity contribution in [3.8, 4) is 0 Å². The molecule has 14 heavy (non-hydrogen) atoms. The molecule has 2 aliphatic heterocycles. The molecule has 3 aliphatic rings. The van der Waals surface area contributed by atoms with Crippen LogP contribution in [0.2, 0.25) is 0 Å². The highest BCUT2D eigenvalue weighted by atomic mass is 16.6. The summed E-state index contributed by atoms with van der Waals surface area (Å²) in [7, 11) is 0. The normalized spacial score (nSPS) is 33.4. The third kappa shape index (κ3) is 2.25. The van der Waals surface area contributed by atoms with Crippen LogP contribution in [0, 0.1) is 0 Å². The van der Waals surface area contributed by atoms with Crippen molar-refractivity contribution in [2.24, 2.45) is 0 Å². The maximum Gasteiger partial charge on any atom is 0.306 e. The van der Waals surface area contributed by atoms with Gasteiger partial charge in [0.2, 0.25) is 0 Å². The van der Waals surface area contributed by atoms with Crippen LogP contribution in [0.4, 0.5) is 0 Å². The zero-order valence-corrected chi connectivity index (χ0v) is 8.03. The fourth-order valence-electron chi connectivity index (χ4n) is 1.96. The molecule has 2 bridgehead atoms. The van der Waals surface area contributed by atoms with E-state index in [-0.39, 0.29) is 37.0 Å². The molecular weight excluding hydrogens is 184 g/mol. The van der Waals surface area contributed by atoms with Gasteiger partial charge in [0.25, 0.3) is 0 Å². The van der Waals surface area contributed by atoms with Crippen LogP contribution in [-0.2, 0) is 19.1 Å². The van der Waals surface area contributed by atoms with Gasteiger partial charge in [0.1, 0.15) is 12.2 Å². The van der Waals surface area contributed by atoms with Gasteiger partial charge in [-0.1, -0.05) is 0 Å². The highest BCUT2D eigenvalue weighted by molar-refractivity contribution is 5.78. The van der Waals surface area contributed by atoms with Crippen LogP contribution in [0.15, 0.2) is 0 Å². The average Bonchev–Trinajstić information content (AvgIpc) is 2.18. The molecule has 0 spiro atoms. The molecule has 0 N–H and O–H groups in total. The molecule has 2 saturated heterocycles. The first-order valence-corrected chi connectivity index (χ1v) is 5.13. The van der Waals surface area contributed by atoms with Crippen molar-refractivity contribution in [2.75, 3.05) is 0 Å². The highest BCUT2D eigenvalue weighted by Crippen LogP contribution is 2.25. The van der Waals surface area contributed by atoms with Crippen LogP contribution < -0.4 is 0 Å². The second kappa shape index (κ2) is 3.98. The van der Waals surface area contributed by atoms with Crippen LogP contribution in [0.1, 0.15) is 38.5 Å². The van der Waals surface area contributed by atoms with E-state index in [1.165, 1.54) is 0 Å². The summed E-state index contributed by atoms with van der Waals surface area (Å²) < 4.78 is 10.4.